The van der Waals surface area contributed by atoms with E-state index < -0.39 is 23.2 Å². The van der Waals surface area contributed by atoms with Gasteiger partial charge in [0, 0.05) is 5.56 Å². The average Bonchev–Trinajstić information content (AvgIpc) is 2.49. The average molecular weight is 196 g/mol. The van der Waals surface area contributed by atoms with Gasteiger partial charge in [-0.1, -0.05) is 0 Å². The van der Waals surface area contributed by atoms with Gasteiger partial charge >= 0.3 is 0 Å². The predicted octanol–water partition coefficient (Wildman–Crippen LogP) is 1.23. The molecule has 14 heavy (non-hydrogen) atoms. The number of halogens is 2. The van der Waals surface area contributed by atoms with Crippen LogP contribution in [0.25, 0.3) is 0 Å². The first-order valence-electron chi connectivity index (χ1n) is 3.95. The van der Waals surface area contributed by atoms with Crippen molar-refractivity contribution in [2.24, 2.45) is 5.73 Å². The van der Waals surface area contributed by atoms with Crippen molar-refractivity contribution >= 4 is 0 Å². The molecule has 72 valence electrons. The summed E-state index contributed by atoms with van der Waals surface area (Å²) in [6.07, 6.45) is 0. The lowest BCUT2D eigenvalue weighted by atomic mass is 10.1. The van der Waals surface area contributed by atoms with Crippen LogP contribution in [0.3, 0.4) is 0 Å². The van der Waals surface area contributed by atoms with Crippen molar-refractivity contribution in [3.63, 3.8) is 0 Å². The van der Waals surface area contributed by atoms with E-state index in [-0.39, 0.29) is 17.9 Å². The molecule has 3 nitrogen and oxygen atoms in total. The summed E-state index contributed by atoms with van der Waals surface area (Å²) in [6.45, 7) is 0.112. The van der Waals surface area contributed by atoms with Crippen LogP contribution in [0.5, 0.6) is 5.75 Å². The third-order valence-electron chi connectivity index (χ3n) is 2.12. The molecule has 2 rings (SSSR count). The van der Waals surface area contributed by atoms with Gasteiger partial charge < -0.3 is 10.5 Å². The van der Waals surface area contributed by atoms with Crippen LogP contribution in [0.15, 0.2) is 6.07 Å². The fourth-order valence-corrected chi connectivity index (χ4v) is 1.41. The van der Waals surface area contributed by atoms with Crippen LogP contribution in [0, 0.1) is 23.0 Å². The molecule has 5 heteroatoms. The zero-order valence-electron chi connectivity index (χ0n) is 7.05. The number of fused-ring (bicyclic) bond motifs is 1. The molecule has 0 fully saturated rings. The molecular weight excluding hydrogens is 190 g/mol. The van der Waals surface area contributed by atoms with E-state index in [1.165, 1.54) is 6.07 Å². The molecule has 0 bridgehead atoms. The molecule has 1 aliphatic heterocycles. The second-order valence-corrected chi connectivity index (χ2v) is 3.00. The number of nitrogens with zero attached hydrogens (tertiary/aromatic N) is 1. The minimum absolute atomic E-state index is 0.101. The minimum atomic E-state index is -0.963. The van der Waals surface area contributed by atoms with Crippen LogP contribution in [-0.2, 0) is 0 Å². The Labute approximate surface area is 78.7 Å². The third-order valence-corrected chi connectivity index (χ3v) is 2.12. The Kier molecular flexibility index (Phi) is 1.86. The van der Waals surface area contributed by atoms with Crippen LogP contribution < -0.4 is 10.5 Å². The monoisotopic (exact) mass is 196 g/mol. The molecular formula is C9H6F2N2O. The van der Waals surface area contributed by atoms with Crippen molar-refractivity contribution in [2.75, 3.05) is 6.61 Å². The maximum Gasteiger partial charge on any atom is 0.186 e. The number of hydrogen-bond acceptors (Lipinski definition) is 3. The van der Waals surface area contributed by atoms with Crippen LogP contribution in [0.4, 0.5) is 8.78 Å². The molecule has 0 unspecified atom stereocenters. The lowest BCUT2D eigenvalue weighted by Gasteiger charge is -2.03. The summed E-state index contributed by atoms with van der Waals surface area (Å²) in [5.41, 5.74) is 5.18. The van der Waals surface area contributed by atoms with E-state index in [1.807, 2.05) is 0 Å². The normalized spacial score (nSPS) is 18.6. The molecule has 1 atom stereocenters. The van der Waals surface area contributed by atoms with Crippen molar-refractivity contribution in [3.05, 3.63) is 28.8 Å². The zero-order valence-corrected chi connectivity index (χ0v) is 7.05. The molecule has 1 aromatic rings. The first-order chi connectivity index (χ1) is 6.65. The molecule has 0 amide bonds. The highest BCUT2D eigenvalue weighted by atomic mass is 19.1. The summed E-state index contributed by atoms with van der Waals surface area (Å²) in [5.74, 6) is -1.96. The molecule has 0 aliphatic carbocycles. The Balaban J connectivity index is 2.70. The lowest BCUT2D eigenvalue weighted by molar-refractivity contribution is 0.318. The topological polar surface area (TPSA) is 59.0 Å². The molecule has 0 aromatic heterocycles. The number of benzene rings is 1. The van der Waals surface area contributed by atoms with Gasteiger partial charge in [0.25, 0.3) is 0 Å². The molecule has 0 saturated carbocycles. The maximum atomic E-state index is 13.4. The van der Waals surface area contributed by atoms with Gasteiger partial charge in [-0.05, 0) is 6.07 Å². The molecule has 0 radical (unpaired) electrons. The van der Waals surface area contributed by atoms with E-state index >= 15 is 0 Å². The van der Waals surface area contributed by atoms with Crippen molar-refractivity contribution in [2.45, 2.75) is 6.04 Å². The van der Waals surface area contributed by atoms with E-state index in [9.17, 15) is 8.78 Å². The van der Waals surface area contributed by atoms with Gasteiger partial charge in [0.05, 0.1) is 6.04 Å². The van der Waals surface area contributed by atoms with Crippen molar-refractivity contribution < 1.29 is 13.5 Å². The Morgan fingerprint density at radius 1 is 1.57 bits per heavy atom. The summed E-state index contributed by atoms with van der Waals surface area (Å²) in [4.78, 5) is 0. The molecule has 1 heterocycles. The fraction of sp³-hybridized carbons (Fsp3) is 0.222. The van der Waals surface area contributed by atoms with Crippen molar-refractivity contribution in [1.82, 2.24) is 0 Å². The van der Waals surface area contributed by atoms with Gasteiger partial charge in [0.2, 0.25) is 0 Å². The van der Waals surface area contributed by atoms with E-state index in [1.54, 1.807) is 0 Å². The van der Waals surface area contributed by atoms with Crippen LogP contribution in [0.2, 0.25) is 0 Å². The van der Waals surface area contributed by atoms with Crippen molar-refractivity contribution in [3.8, 4) is 11.8 Å². The lowest BCUT2D eigenvalue weighted by Crippen LogP contribution is -2.10. The van der Waals surface area contributed by atoms with Gasteiger partial charge in [0.1, 0.15) is 24.1 Å². The Morgan fingerprint density at radius 3 is 2.93 bits per heavy atom. The molecule has 0 saturated heterocycles. The third kappa shape index (κ3) is 1.05. The standard InChI is InChI=1S/C9H6F2N2O/c10-6-1-4-7(13)3-14-9(4)8(11)5(6)2-12/h1,7H,3,13H2/t7-/m0/s1. The van der Waals surface area contributed by atoms with Crippen molar-refractivity contribution in [1.29, 1.82) is 5.26 Å². The number of hydrogen-bond donors (Lipinski definition) is 1. The van der Waals surface area contributed by atoms with Gasteiger partial charge in [-0.15, -0.1) is 0 Å². The van der Waals surface area contributed by atoms with Gasteiger partial charge in [-0.25, -0.2) is 8.78 Å². The van der Waals surface area contributed by atoms with Crippen LogP contribution >= 0.6 is 0 Å². The number of ether oxygens (including phenoxy) is 1. The van der Waals surface area contributed by atoms with E-state index in [4.69, 9.17) is 15.7 Å². The van der Waals surface area contributed by atoms with E-state index in [0.717, 1.165) is 6.07 Å². The SMILES string of the molecule is N#Cc1c(F)cc2c(c1F)OC[C@@H]2N. The summed E-state index contributed by atoms with van der Waals surface area (Å²) < 4.78 is 31.4. The van der Waals surface area contributed by atoms with Gasteiger partial charge in [-0.3, -0.25) is 0 Å². The highest BCUT2D eigenvalue weighted by molar-refractivity contribution is 5.48. The second-order valence-electron chi connectivity index (χ2n) is 3.00. The predicted molar refractivity (Wildman–Crippen MR) is 43.5 cm³/mol. The van der Waals surface area contributed by atoms with Gasteiger partial charge in [-0.2, -0.15) is 5.26 Å². The molecule has 1 aliphatic rings. The number of nitriles is 1. The second kappa shape index (κ2) is 2.93. The number of rotatable bonds is 0. The first kappa shape index (κ1) is 8.91. The first-order valence-corrected chi connectivity index (χ1v) is 3.95. The quantitative estimate of drug-likeness (QED) is 0.678. The number of nitrogens with two attached hydrogens (primary N) is 1. The zero-order chi connectivity index (χ0) is 10.3. The largest absolute Gasteiger partial charge is 0.488 e. The minimum Gasteiger partial charge on any atom is -0.488 e. The smallest absolute Gasteiger partial charge is 0.186 e. The van der Waals surface area contributed by atoms with Crippen LogP contribution in [-0.4, -0.2) is 6.61 Å². The highest BCUT2D eigenvalue weighted by Crippen LogP contribution is 2.36. The Bertz CT molecular complexity index is 439. The van der Waals surface area contributed by atoms with Crippen LogP contribution in [0.1, 0.15) is 17.2 Å². The Morgan fingerprint density at radius 2 is 2.29 bits per heavy atom. The molecule has 0 spiro atoms. The highest BCUT2D eigenvalue weighted by Gasteiger charge is 2.28. The fourth-order valence-electron chi connectivity index (χ4n) is 1.41. The summed E-state index contributed by atoms with van der Waals surface area (Å²) in [5, 5.41) is 8.48. The summed E-state index contributed by atoms with van der Waals surface area (Å²) >= 11 is 0. The molecule has 1 aromatic carbocycles. The maximum absolute atomic E-state index is 13.4. The Hall–Kier alpha value is -1.67. The summed E-state index contributed by atoms with van der Waals surface area (Å²) in [7, 11) is 0. The van der Waals surface area contributed by atoms with E-state index in [0.29, 0.717) is 0 Å². The van der Waals surface area contributed by atoms with Gasteiger partial charge in [0.15, 0.2) is 11.6 Å². The summed E-state index contributed by atoms with van der Waals surface area (Å²) in [6, 6.07) is 1.96. The van der Waals surface area contributed by atoms with E-state index in [2.05, 4.69) is 0 Å². The molecule has 2 N–H and O–H groups in total.